The van der Waals surface area contributed by atoms with Gasteiger partial charge in [-0.15, -0.1) is 0 Å². The molecule has 0 aliphatic carbocycles. The summed E-state index contributed by atoms with van der Waals surface area (Å²) >= 11 is 0. The van der Waals surface area contributed by atoms with E-state index in [2.05, 4.69) is 18.3 Å². The topological polar surface area (TPSA) is 39.7 Å². The SMILES string of the molecule is COc1cccc(CNC2(C)CCOCC2)c1OC. The zero-order chi connectivity index (χ0) is 13.7. The molecule has 1 saturated heterocycles. The van der Waals surface area contributed by atoms with Gasteiger partial charge in [-0.3, -0.25) is 0 Å². The zero-order valence-corrected chi connectivity index (χ0v) is 12.0. The molecule has 4 nitrogen and oxygen atoms in total. The van der Waals surface area contributed by atoms with Gasteiger partial charge in [0.15, 0.2) is 11.5 Å². The van der Waals surface area contributed by atoms with Gasteiger partial charge in [-0.05, 0) is 25.8 Å². The van der Waals surface area contributed by atoms with Gasteiger partial charge in [0.2, 0.25) is 0 Å². The molecular weight excluding hydrogens is 242 g/mol. The number of nitrogens with one attached hydrogen (secondary N) is 1. The highest BCUT2D eigenvalue weighted by Crippen LogP contribution is 2.31. The van der Waals surface area contributed by atoms with Crippen LogP contribution in [0.5, 0.6) is 11.5 Å². The maximum absolute atomic E-state index is 5.45. The van der Waals surface area contributed by atoms with Gasteiger partial charge in [-0.1, -0.05) is 12.1 Å². The summed E-state index contributed by atoms with van der Waals surface area (Å²) in [7, 11) is 3.34. The zero-order valence-electron chi connectivity index (χ0n) is 12.0. The predicted molar refractivity (Wildman–Crippen MR) is 74.8 cm³/mol. The first-order valence-electron chi connectivity index (χ1n) is 6.71. The molecule has 1 aromatic rings. The average molecular weight is 265 g/mol. The number of hydrogen-bond acceptors (Lipinski definition) is 4. The molecule has 0 unspecified atom stereocenters. The Morgan fingerprint density at radius 2 is 1.95 bits per heavy atom. The normalized spacial score (nSPS) is 18.1. The smallest absolute Gasteiger partial charge is 0.165 e. The number of para-hydroxylation sites is 1. The van der Waals surface area contributed by atoms with Crippen molar-refractivity contribution in [1.82, 2.24) is 5.32 Å². The van der Waals surface area contributed by atoms with E-state index in [1.807, 2.05) is 12.1 Å². The molecule has 106 valence electrons. The van der Waals surface area contributed by atoms with E-state index in [1.54, 1.807) is 14.2 Å². The Balaban J connectivity index is 2.06. The van der Waals surface area contributed by atoms with Gasteiger partial charge in [-0.2, -0.15) is 0 Å². The van der Waals surface area contributed by atoms with E-state index in [0.717, 1.165) is 49.7 Å². The van der Waals surface area contributed by atoms with E-state index in [9.17, 15) is 0 Å². The van der Waals surface area contributed by atoms with Crippen molar-refractivity contribution in [2.75, 3.05) is 27.4 Å². The minimum atomic E-state index is 0.145. The molecule has 1 N–H and O–H groups in total. The van der Waals surface area contributed by atoms with E-state index in [4.69, 9.17) is 14.2 Å². The van der Waals surface area contributed by atoms with E-state index in [0.29, 0.717) is 0 Å². The molecular formula is C15H23NO3. The molecule has 19 heavy (non-hydrogen) atoms. The molecule has 1 aliphatic heterocycles. The Morgan fingerprint density at radius 3 is 2.58 bits per heavy atom. The van der Waals surface area contributed by atoms with Gasteiger partial charge in [0.1, 0.15) is 0 Å². The van der Waals surface area contributed by atoms with Crippen LogP contribution in [0.25, 0.3) is 0 Å². The molecule has 1 aromatic carbocycles. The van der Waals surface area contributed by atoms with Gasteiger partial charge < -0.3 is 19.5 Å². The average Bonchev–Trinajstić information content (AvgIpc) is 2.45. The number of methoxy groups -OCH3 is 2. The molecule has 0 aromatic heterocycles. The summed E-state index contributed by atoms with van der Waals surface area (Å²) in [4.78, 5) is 0. The summed E-state index contributed by atoms with van der Waals surface area (Å²) in [5.74, 6) is 1.59. The molecule has 0 radical (unpaired) electrons. The van der Waals surface area contributed by atoms with Crippen molar-refractivity contribution >= 4 is 0 Å². The van der Waals surface area contributed by atoms with Crippen molar-refractivity contribution in [3.05, 3.63) is 23.8 Å². The fourth-order valence-electron chi connectivity index (χ4n) is 2.40. The lowest BCUT2D eigenvalue weighted by Crippen LogP contribution is -2.46. The van der Waals surface area contributed by atoms with Crippen LogP contribution in [0, 0.1) is 0 Å². The Bertz CT molecular complexity index is 414. The van der Waals surface area contributed by atoms with Gasteiger partial charge in [0.05, 0.1) is 14.2 Å². The van der Waals surface area contributed by atoms with Crippen LogP contribution in [0.2, 0.25) is 0 Å². The summed E-state index contributed by atoms with van der Waals surface area (Å²) in [5, 5.41) is 3.62. The van der Waals surface area contributed by atoms with E-state index >= 15 is 0 Å². The third kappa shape index (κ3) is 3.39. The van der Waals surface area contributed by atoms with Crippen LogP contribution < -0.4 is 14.8 Å². The Kier molecular flexibility index (Phi) is 4.66. The number of rotatable bonds is 5. The minimum Gasteiger partial charge on any atom is -0.493 e. The fourth-order valence-corrected chi connectivity index (χ4v) is 2.40. The first-order chi connectivity index (χ1) is 9.18. The lowest BCUT2D eigenvalue weighted by Gasteiger charge is -2.35. The van der Waals surface area contributed by atoms with Gasteiger partial charge in [0.25, 0.3) is 0 Å². The van der Waals surface area contributed by atoms with Crippen LogP contribution in [0.15, 0.2) is 18.2 Å². The van der Waals surface area contributed by atoms with E-state index in [-0.39, 0.29) is 5.54 Å². The standard InChI is InChI=1S/C15H23NO3/c1-15(7-9-19-10-8-15)16-11-12-5-4-6-13(17-2)14(12)18-3/h4-6,16H,7-11H2,1-3H3. The highest BCUT2D eigenvalue weighted by Gasteiger charge is 2.26. The lowest BCUT2D eigenvalue weighted by molar-refractivity contribution is 0.0445. The third-order valence-electron chi connectivity index (χ3n) is 3.79. The summed E-state index contributed by atoms with van der Waals surface area (Å²) in [5.41, 5.74) is 1.27. The summed E-state index contributed by atoms with van der Waals surface area (Å²) < 4.78 is 16.2. The second-order valence-electron chi connectivity index (χ2n) is 5.18. The molecule has 1 heterocycles. The fraction of sp³-hybridized carbons (Fsp3) is 0.600. The first kappa shape index (κ1) is 14.2. The van der Waals surface area contributed by atoms with Gasteiger partial charge >= 0.3 is 0 Å². The molecule has 0 spiro atoms. The predicted octanol–water partition coefficient (Wildman–Crippen LogP) is 2.36. The second kappa shape index (κ2) is 6.26. The van der Waals surface area contributed by atoms with Crippen LogP contribution in [0.4, 0.5) is 0 Å². The molecule has 0 bridgehead atoms. The Hall–Kier alpha value is -1.26. The van der Waals surface area contributed by atoms with Crippen molar-refractivity contribution in [2.45, 2.75) is 31.8 Å². The lowest BCUT2D eigenvalue weighted by atomic mass is 9.92. The monoisotopic (exact) mass is 265 g/mol. The largest absolute Gasteiger partial charge is 0.493 e. The Morgan fingerprint density at radius 1 is 1.21 bits per heavy atom. The molecule has 1 aliphatic rings. The quantitative estimate of drug-likeness (QED) is 0.887. The summed E-state index contributed by atoms with van der Waals surface area (Å²) in [6.07, 6.45) is 2.08. The number of hydrogen-bond donors (Lipinski definition) is 1. The number of benzene rings is 1. The van der Waals surface area contributed by atoms with Gasteiger partial charge in [-0.25, -0.2) is 0 Å². The molecule has 0 amide bonds. The van der Waals surface area contributed by atoms with Crippen LogP contribution in [-0.4, -0.2) is 33.0 Å². The highest BCUT2D eigenvalue weighted by molar-refractivity contribution is 5.46. The van der Waals surface area contributed by atoms with Crippen molar-refractivity contribution in [2.24, 2.45) is 0 Å². The summed E-state index contributed by atoms with van der Waals surface area (Å²) in [6, 6.07) is 5.97. The van der Waals surface area contributed by atoms with Crippen LogP contribution >= 0.6 is 0 Å². The Labute approximate surface area is 115 Å². The van der Waals surface area contributed by atoms with Crippen molar-refractivity contribution < 1.29 is 14.2 Å². The third-order valence-corrected chi connectivity index (χ3v) is 3.79. The molecule has 1 fully saturated rings. The molecule has 2 rings (SSSR count). The van der Waals surface area contributed by atoms with Gasteiger partial charge in [0, 0.05) is 30.9 Å². The molecule has 0 atom stereocenters. The molecule has 0 saturated carbocycles. The van der Waals surface area contributed by atoms with Crippen molar-refractivity contribution in [3.63, 3.8) is 0 Å². The van der Waals surface area contributed by atoms with E-state index < -0.39 is 0 Å². The van der Waals surface area contributed by atoms with Crippen LogP contribution in [0.3, 0.4) is 0 Å². The molecule has 4 heteroatoms. The van der Waals surface area contributed by atoms with Crippen LogP contribution in [-0.2, 0) is 11.3 Å². The minimum absolute atomic E-state index is 0.145. The van der Waals surface area contributed by atoms with Crippen molar-refractivity contribution in [1.29, 1.82) is 0 Å². The maximum atomic E-state index is 5.45. The summed E-state index contributed by atoms with van der Waals surface area (Å²) in [6.45, 7) is 4.69. The van der Waals surface area contributed by atoms with E-state index in [1.165, 1.54) is 0 Å². The van der Waals surface area contributed by atoms with Crippen molar-refractivity contribution in [3.8, 4) is 11.5 Å². The number of ether oxygens (including phenoxy) is 3. The second-order valence-corrected chi connectivity index (χ2v) is 5.18. The van der Waals surface area contributed by atoms with Crippen LogP contribution in [0.1, 0.15) is 25.3 Å². The maximum Gasteiger partial charge on any atom is 0.165 e. The first-order valence-corrected chi connectivity index (χ1v) is 6.71. The highest BCUT2D eigenvalue weighted by atomic mass is 16.5.